The van der Waals surface area contributed by atoms with Crippen molar-refractivity contribution in [2.45, 2.75) is 30.9 Å². The number of aromatic nitrogens is 1. The number of nitrogens with one attached hydrogen (secondary N) is 2. The maximum absolute atomic E-state index is 12.8. The van der Waals surface area contributed by atoms with Crippen LogP contribution in [0.2, 0.25) is 0 Å². The van der Waals surface area contributed by atoms with Gasteiger partial charge in [-0.2, -0.15) is 0 Å². The van der Waals surface area contributed by atoms with E-state index < -0.39 is 20.5 Å². The Hall–Kier alpha value is -1.64. The molecule has 0 aliphatic carbocycles. The zero-order chi connectivity index (χ0) is 17.4. The summed E-state index contributed by atoms with van der Waals surface area (Å²) < 4.78 is 28.7. The molecule has 25 heavy (non-hydrogen) atoms. The van der Waals surface area contributed by atoms with E-state index in [1.807, 2.05) is 6.92 Å². The number of carbonyl (C=O) groups excluding carboxylic acids is 1. The van der Waals surface area contributed by atoms with E-state index >= 15 is 0 Å². The summed E-state index contributed by atoms with van der Waals surface area (Å²) >= 11 is 0. The Bertz CT molecular complexity index is 873. The third kappa shape index (κ3) is 3.65. The molecule has 2 heterocycles. The number of piperidine rings is 1. The number of halogens is 1. The molecule has 1 aromatic carbocycles. The van der Waals surface area contributed by atoms with Crippen molar-refractivity contribution < 1.29 is 17.6 Å². The number of oxazole rings is 1. The van der Waals surface area contributed by atoms with E-state index in [1.54, 1.807) is 18.2 Å². The molecule has 1 saturated heterocycles. The van der Waals surface area contributed by atoms with Crippen molar-refractivity contribution in [2.75, 3.05) is 24.7 Å². The van der Waals surface area contributed by atoms with Crippen molar-refractivity contribution in [3.8, 4) is 0 Å². The van der Waals surface area contributed by atoms with Gasteiger partial charge in [0, 0.05) is 18.4 Å². The van der Waals surface area contributed by atoms with E-state index in [-0.39, 0.29) is 25.2 Å². The first-order valence-electron chi connectivity index (χ1n) is 7.97. The van der Waals surface area contributed by atoms with Gasteiger partial charge in [0.2, 0.25) is 5.91 Å². The molecule has 1 fully saturated rings. The summed E-state index contributed by atoms with van der Waals surface area (Å²) in [5, 5.41) is 5.85. The van der Waals surface area contributed by atoms with Gasteiger partial charge < -0.3 is 15.1 Å². The zero-order valence-electron chi connectivity index (χ0n) is 14.2. The molecule has 0 atom stereocenters. The van der Waals surface area contributed by atoms with Crippen LogP contribution in [0, 0.1) is 0 Å². The van der Waals surface area contributed by atoms with Gasteiger partial charge in [0.1, 0.15) is 5.52 Å². The van der Waals surface area contributed by atoms with Gasteiger partial charge in [-0.15, -0.1) is 12.4 Å². The quantitative estimate of drug-likeness (QED) is 0.831. The molecule has 9 heteroatoms. The fraction of sp³-hybridized carbons (Fsp3) is 0.500. The van der Waals surface area contributed by atoms with Gasteiger partial charge in [-0.05, 0) is 44.1 Å². The smallest absolute Gasteiger partial charge is 0.245 e. The Labute approximate surface area is 152 Å². The van der Waals surface area contributed by atoms with E-state index in [0.29, 0.717) is 42.2 Å². The summed E-state index contributed by atoms with van der Waals surface area (Å²) in [7, 11) is -3.54. The molecule has 1 aliphatic heterocycles. The Morgan fingerprint density at radius 2 is 2.04 bits per heavy atom. The van der Waals surface area contributed by atoms with Crippen molar-refractivity contribution >= 4 is 44.9 Å². The van der Waals surface area contributed by atoms with Crippen LogP contribution in [0.4, 0.5) is 5.69 Å². The van der Waals surface area contributed by atoms with Crippen LogP contribution < -0.4 is 10.6 Å². The number of sulfone groups is 1. The maximum atomic E-state index is 12.8. The van der Waals surface area contributed by atoms with Gasteiger partial charge in [-0.25, -0.2) is 13.4 Å². The minimum atomic E-state index is -3.54. The molecule has 3 rings (SSSR count). The fourth-order valence-electron chi connectivity index (χ4n) is 3.05. The maximum Gasteiger partial charge on any atom is 0.245 e. The van der Waals surface area contributed by atoms with E-state index in [4.69, 9.17) is 4.42 Å². The SMILES string of the molecule is CCc1nc2cc(NC(=O)C3(S(C)(=O)=O)CCNCC3)ccc2o1.Cl. The molecular formula is C16H22ClN3O4S. The highest BCUT2D eigenvalue weighted by atomic mass is 35.5. The number of aryl methyl sites for hydroxylation is 1. The van der Waals surface area contributed by atoms with Gasteiger partial charge in [0.05, 0.1) is 0 Å². The van der Waals surface area contributed by atoms with Crippen LogP contribution >= 0.6 is 12.4 Å². The van der Waals surface area contributed by atoms with Gasteiger partial charge in [0.15, 0.2) is 26.1 Å². The average molecular weight is 388 g/mol. The standard InChI is InChI=1S/C16H21N3O4S.ClH/c1-3-14-19-12-10-11(4-5-13(12)23-14)18-15(20)16(24(2,21)22)6-8-17-9-7-16;/h4-5,10,17H,3,6-9H2,1-2H3,(H,18,20);1H. The largest absolute Gasteiger partial charge is 0.441 e. The highest BCUT2D eigenvalue weighted by Gasteiger charge is 2.48. The first-order valence-corrected chi connectivity index (χ1v) is 9.86. The first kappa shape index (κ1) is 19.7. The lowest BCUT2D eigenvalue weighted by atomic mass is 9.95. The predicted octanol–water partition coefficient (Wildman–Crippen LogP) is 1.92. The summed E-state index contributed by atoms with van der Waals surface area (Å²) in [6.07, 6.45) is 2.35. The molecule has 1 aromatic heterocycles. The minimum Gasteiger partial charge on any atom is -0.441 e. The predicted molar refractivity (Wildman–Crippen MR) is 98.9 cm³/mol. The van der Waals surface area contributed by atoms with Crippen molar-refractivity contribution in [3.63, 3.8) is 0 Å². The number of amides is 1. The van der Waals surface area contributed by atoms with E-state index in [0.717, 1.165) is 6.26 Å². The van der Waals surface area contributed by atoms with Crippen LogP contribution in [0.25, 0.3) is 11.1 Å². The van der Waals surface area contributed by atoms with Crippen molar-refractivity contribution in [1.82, 2.24) is 10.3 Å². The Morgan fingerprint density at radius 3 is 2.64 bits per heavy atom. The summed E-state index contributed by atoms with van der Waals surface area (Å²) in [4.78, 5) is 17.1. The summed E-state index contributed by atoms with van der Waals surface area (Å²) in [5.74, 6) is 0.143. The Kier molecular flexibility index (Phi) is 5.75. The Morgan fingerprint density at radius 1 is 1.36 bits per heavy atom. The molecule has 1 amide bonds. The van der Waals surface area contributed by atoms with Crippen molar-refractivity contribution in [2.24, 2.45) is 0 Å². The molecule has 7 nitrogen and oxygen atoms in total. The van der Waals surface area contributed by atoms with E-state index in [1.165, 1.54) is 0 Å². The van der Waals surface area contributed by atoms with Gasteiger partial charge in [-0.3, -0.25) is 4.79 Å². The lowest BCUT2D eigenvalue weighted by molar-refractivity contribution is -0.119. The second-order valence-corrected chi connectivity index (χ2v) is 8.44. The monoisotopic (exact) mass is 387 g/mol. The molecular weight excluding hydrogens is 366 g/mol. The van der Waals surface area contributed by atoms with Crippen molar-refractivity contribution in [1.29, 1.82) is 0 Å². The number of hydrogen-bond donors (Lipinski definition) is 2. The minimum absolute atomic E-state index is 0. The molecule has 2 aromatic rings. The lowest BCUT2D eigenvalue weighted by Gasteiger charge is -2.34. The van der Waals surface area contributed by atoms with Crippen LogP contribution in [-0.2, 0) is 21.1 Å². The molecule has 0 radical (unpaired) electrons. The average Bonchev–Trinajstić information content (AvgIpc) is 2.96. The number of hydrogen-bond acceptors (Lipinski definition) is 6. The van der Waals surface area contributed by atoms with Crippen molar-refractivity contribution in [3.05, 3.63) is 24.1 Å². The van der Waals surface area contributed by atoms with Gasteiger partial charge in [-0.1, -0.05) is 6.92 Å². The van der Waals surface area contributed by atoms with E-state index in [9.17, 15) is 13.2 Å². The highest BCUT2D eigenvalue weighted by Crippen LogP contribution is 2.30. The van der Waals surface area contributed by atoms with Crippen LogP contribution in [0.3, 0.4) is 0 Å². The first-order chi connectivity index (χ1) is 11.4. The third-order valence-corrected chi connectivity index (χ3v) is 6.54. The fourth-order valence-corrected chi connectivity index (χ4v) is 4.38. The normalized spacial score (nSPS) is 17.0. The summed E-state index contributed by atoms with van der Waals surface area (Å²) in [5.41, 5.74) is 1.80. The number of nitrogens with zero attached hydrogens (tertiary/aromatic N) is 1. The molecule has 1 aliphatic rings. The van der Waals surface area contributed by atoms with Gasteiger partial charge in [0.25, 0.3) is 0 Å². The van der Waals surface area contributed by atoms with Crippen LogP contribution in [0.1, 0.15) is 25.7 Å². The molecule has 2 N–H and O–H groups in total. The number of rotatable bonds is 4. The van der Waals surface area contributed by atoms with E-state index in [2.05, 4.69) is 15.6 Å². The molecule has 138 valence electrons. The second kappa shape index (κ2) is 7.31. The molecule has 0 unspecified atom stereocenters. The van der Waals surface area contributed by atoms with Crippen LogP contribution in [0.15, 0.2) is 22.6 Å². The molecule has 0 spiro atoms. The highest BCUT2D eigenvalue weighted by molar-refractivity contribution is 7.92. The summed E-state index contributed by atoms with van der Waals surface area (Å²) in [6, 6.07) is 5.13. The lowest BCUT2D eigenvalue weighted by Crippen LogP contribution is -2.55. The number of carbonyl (C=O) groups is 1. The Balaban J connectivity index is 0.00000225. The number of anilines is 1. The van der Waals surface area contributed by atoms with Gasteiger partial charge >= 0.3 is 0 Å². The molecule has 0 saturated carbocycles. The topological polar surface area (TPSA) is 101 Å². The third-order valence-electron chi connectivity index (χ3n) is 4.53. The second-order valence-electron chi connectivity index (χ2n) is 6.11. The van der Waals surface area contributed by atoms with Crippen LogP contribution in [0.5, 0.6) is 0 Å². The summed E-state index contributed by atoms with van der Waals surface area (Å²) in [6.45, 7) is 2.95. The van der Waals surface area contributed by atoms with Crippen LogP contribution in [-0.4, -0.2) is 43.4 Å². The number of benzene rings is 1. The number of fused-ring (bicyclic) bond motifs is 1. The zero-order valence-corrected chi connectivity index (χ0v) is 15.8. The molecule has 0 bridgehead atoms.